The van der Waals surface area contributed by atoms with Crippen molar-refractivity contribution in [2.75, 3.05) is 13.2 Å². The molecule has 0 spiro atoms. The van der Waals surface area contributed by atoms with Crippen LogP contribution in [0.15, 0.2) is 328 Å². The largest absolute Gasteiger partial charge is 0.489 e. The van der Waals surface area contributed by atoms with Gasteiger partial charge in [-0.3, -0.25) is 0 Å². The topological polar surface area (TPSA) is 173 Å². The van der Waals surface area contributed by atoms with Crippen LogP contribution >= 0.6 is 0 Å². The highest BCUT2D eigenvalue weighted by atomic mass is 16.8. The third-order valence-electron chi connectivity index (χ3n) is 19.8. The molecule has 2 saturated heterocycles. The van der Waals surface area contributed by atoms with Crippen molar-refractivity contribution in [1.82, 2.24) is 0 Å². The number of carbonyl (C=O) groups is 2. The minimum atomic E-state index is -1.47. The van der Waals surface area contributed by atoms with Crippen LogP contribution in [0.2, 0.25) is 0 Å². The Bertz CT molecular complexity index is 4600. The summed E-state index contributed by atoms with van der Waals surface area (Å²) in [6, 6.07) is 105. The van der Waals surface area contributed by atoms with E-state index in [1.54, 1.807) is 24.3 Å². The van der Waals surface area contributed by atoms with Crippen LogP contribution in [-0.4, -0.2) is 86.6 Å². The lowest BCUT2D eigenvalue weighted by Crippen LogP contribution is -2.66. The molecule has 0 saturated carbocycles. The molecular formula is C98H94O17. The van der Waals surface area contributed by atoms with Crippen LogP contribution in [0.4, 0.5) is 0 Å². The van der Waals surface area contributed by atoms with E-state index >= 15 is 9.59 Å². The highest BCUT2D eigenvalue weighted by molar-refractivity contribution is 5.95. The molecule has 2 heterocycles. The Morgan fingerprint density at radius 3 is 0.730 bits per heavy atom. The van der Waals surface area contributed by atoms with Crippen LogP contribution < -0.4 is 18.9 Å². The van der Waals surface area contributed by atoms with Gasteiger partial charge in [0.2, 0.25) is 0 Å². The molecule has 0 aliphatic carbocycles. The average Bonchev–Trinajstić information content (AvgIpc) is 0.769. The first-order chi connectivity index (χ1) is 56.7. The number of hydrogen-bond acceptors (Lipinski definition) is 17. The summed E-state index contributed by atoms with van der Waals surface area (Å²) in [5.74, 6) is 0.0709. The molecule has 588 valence electrons. The fraction of sp³-hybridized carbons (Fsp3) is 0.245. The van der Waals surface area contributed by atoms with Gasteiger partial charge in [0.25, 0.3) is 0 Å². The fourth-order valence-electron chi connectivity index (χ4n) is 13.9. The van der Waals surface area contributed by atoms with Gasteiger partial charge in [0, 0.05) is 12.1 Å². The van der Waals surface area contributed by atoms with Gasteiger partial charge < -0.3 is 71.1 Å². The summed E-state index contributed by atoms with van der Waals surface area (Å²) in [6.45, 7) is 4.06. The van der Waals surface area contributed by atoms with Gasteiger partial charge in [0.1, 0.15) is 123 Å². The summed E-state index contributed by atoms with van der Waals surface area (Å²) in [5, 5.41) is 0. The standard InChI is InChI=1S/C98H94O17/c1-69-53-81(101-57-71-33-13-3-14-34-71)55-83(103-59-73-37-17-5-18-38-73)87(69)95(99)111-67-85-89(105-61-75-41-21-7-22-42-75)91(107-63-77-45-25-9-26-46-77)93(109-65-79-49-29-11-30-50-79)97(113-85)115-98-94(110-66-80-51-31-12-32-52-80)92(108-64-78-47-27-10-28-48-78)90(106-62-76-43-23-8-24-44-76)86(114-98)68-112-96(100)88-70(2)54-82(102-58-72-35-15-4-16-36-72)56-84(88)104-60-74-39-19-6-20-40-74/h3-56,85-86,89-94,97-98H,57-68H2,1-2H3/t85-,86-,89-,90-,91+,92+,93-,94-,97-,98-/m1/s1. The van der Waals surface area contributed by atoms with Gasteiger partial charge in [-0.05, 0) is 92.7 Å². The molecule has 17 nitrogen and oxygen atoms in total. The molecule has 10 atom stereocenters. The van der Waals surface area contributed by atoms with E-state index in [-0.39, 0.29) is 88.7 Å². The number of benzene rings is 12. The molecule has 0 bridgehead atoms. The number of ether oxygens (including phenoxy) is 15. The van der Waals surface area contributed by atoms with Crippen molar-refractivity contribution in [3.05, 3.63) is 405 Å². The zero-order chi connectivity index (χ0) is 78.6. The number of hydrogen-bond donors (Lipinski definition) is 0. The summed E-state index contributed by atoms with van der Waals surface area (Å²) in [6.07, 6.45) is -11.8. The van der Waals surface area contributed by atoms with E-state index in [9.17, 15) is 0 Å². The average molecular weight is 1540 g/mol. The Hall–Kier alpha value is -11.6. The number of rotatable bonds is 38. The predicted octanol–water partition coefficient (Wildman–Crippen LogP) is 18.6. The maximum atomic E-state index is 15.5. The summed E-state index contributed by atoms with van der Waals surface area (Å²) >= 11 is 0. The van der Waals surface area contributed by atoms with Crippen molar-refractivity contribution in [2.24, 2.45) is 0 Å². The minimum absolute atomic E-state index is 0.0495. The molecular weight excluding hydrogens is 1450 g/mol. The first kappa shape index (κ1) is 80.0. The molecule has 14 rings (SSSR count). The van der Waals surface area contributed by atoms with Gasteiger partial charge in [-0.2, -0.15) is 0 Å². The third kappa shape index (κ3) is 22.9. The predicted molar refractivity (Wildman–Crippen MR) is 435 cm³/mol. The van der Waals surface area contributed by atoms with Gasteiger partial charge in [0.15, 0.2) is 12.6 Å². The van der Waals surface area contributed by atoms with E-state index in [4.69, 9.17) is 71.1 Å². The molecule has 2 aliphatic heterocycles. The van der Waals surface area contributed by atoms with Crippen LogP contribution in [0.25, 0.3) is 0 Å². The van der Waals surface area contributed by atoms with Crippen molar-refractivity contribution in [3.63, 3.8) is 0 Å². The molecule has 17 heteroatoms. The lowest BCUT2D eigenvalue weighted by Gasteiger charge is -2.49. The molecule has 0 aromatic heterocycles. The highest BCUT2D eigenvalue weighted by Gasteiger charge is 2.55. The van der Waals surface area contributed by atoms with Crippen LogP contribution in [-0.2, 0) is 118 Å². The first-order valence-corrected chi connectivity index (χ1v) is 38.9. The van der Waals surface area contributed by atoms with Crippen LogP contribution in [0.1, 0.15) is 87.5 Å². The van der Waals surface area contributed by atoms with E-state index in [1.807, 2.05) is 317 Å². The van der Waals surface area contributed by atoms with Crippen LogP contribution in [0, 0.1) is 13.8 Å². The van der Waals surface area contributed by atoms with Crippen molar-refractivity contribution in [2.45, 2.75) is 141 Å². The molecule has 0 N–H and O–H groups in total. The quantitative estimate of drug-likeness (QED) is 0.0334. The lowest BCUT2D eigenvalue weighted by molar-refractivity contribution is -0.393. The SMILES string of the molecule is Cc1cc(OCc2ccccc2)cc(OCc2ccccc2)c1C(=O)OC[C@H]1O[C@H](O[C@H]2O[C@H](COC(=O)c3c(C)cc(OCc4ccccc4)cc3OCc3ccccc3)[C@@H](OCc3ccccc3)[C@H](OCc3ccccc3)[C@H]2OCc2ccccc2)[C@H](OCc2ccccc2)[C@@H](OCc2ccccc2)[C@@H]1OCc1ccccc1. The van der Waals surface area contributed by atoms with E-state index < -0.39 is 86.6 Å². The second-order valence-corrected chi connectivity index (χ2v) is 28.3. The smallest absolute Gasteiger partial charge is 0.342 e. The summed E-state index contributed by atoms with van der Waals surface area (Å²) in [7, 11) is 0. The molecule has 12 aromatic carbocycles. The highest BCUT2D eigenvalue weighted by Crippen LogP contribution is 2.40. The minimum Gasteiger partial charge on any atom is -0.489 e. The summed E-state index contributed by atoms with van der Waals surface area (Å²) < 4.78 is 105. The van der Waals surface area contributed by atoms with Gasteiger partial charge in [-0.1, -0.05) is 303 Å². The van der Waals surface area contributed by atoms with Crippen LogP contribution in [0.3, 0.4) is 0 Å². The second-order valence-electron chi connectivity index (χ2n) is 28.3. The second kappa shape index (κ2) is 41.5. The maximum absolute atomic E-state index is 15.5. The van der Waals surface area contributed by atoms with Gasteiger partial charge in [0.05, 0.1) is 39.6 Å². The molecule has 2 fully saturated rings. The molecule has 0 unspecified atom stereocenters. The van der Waals surface area contributed by atoms with Crippen molar-refractivity contribution in [1.29, 1.82) is 0 Å². The van der Waals surface area contributed by atoms with Gasteiger partial charge >= 0.3 is 11.9 Å². The zero-order valence-electron chi connectivity index (χ0n) is 64.4. The van der Waals surface area contributed by atoms with E-state index in [0.717, 1.165) is 55.6 Å². The van der Waals surface area contributed by atoms with Crippen molar-refractivity contribution in [3.8, 4) is 23.0 Å². The van der Waals surface area contributed by atoms with E-state index in [1.165, 1.54) is 0 Å². The summed E-state index contributed by atoms with van der Waals surface area (Å²) in [4.78, 5) is 30.9. The Labute approximate surface area is 672 Å². The Morgan fingerprint density at radius 2 is 0.478 bits per heavy atom. The van der Waals surface area contributed by atoms with Crippen LogP contribution in [0.5, 0.6) is 23.0 Å². The monoisotopic (exact) mass is 1540 g/mol. The Morgan fingerprint density at radius 1 is 0.261 bits per heavy atom. The van der Waals surface area contributed by atoms with Gasteiger partial charge in [-0.25, -0.2) is 9.59 Å². The molecule has 12 aromatic rings. The third-order valence-corrected chi connectivity index (χ3v) is 19.8. The van der Waals surface area contributed by atoms with Gasteiger partial charge in [-0.15, -0.1) is 0 Å². The maximum Gasteiger partial charge on any atom is 0.342 e. The molecule has 2 aliphatic rings. The Kier molecular flexibility index (Phi) is 28.9. The molecule has 0 amide bonds. The number of aryl methyl sites for hydroxylation is 2. The summed E-state index contributed by atoms with van der Waals surface area (Å²) in [5.41, 5.74) is 10.2. The normalized spacial score (nSPS) is 19.2. The van der Waals surface area contributed by atoms with E-state index in [2.05, 4.69) is 0 Å². The van der Waals surface area contributed by atoms with E-state index in [0.29, 0.717) is 22.6 Å². The first-order valence-electron chi connectivity index (χ1n) is 38.9. The number of esters is 2. The molecule has 0 radical (unpaired) electrons. The molecule has 115 heavy (non-hydrogen) atoms. The zero-order valence-corrected chi connectivity index (χ0v) is 64.4. The van der Waals surface area contributed by atoms with Crippen molar-refractivity contribution >= 4 is 11.9 Å². The number of carbonyl (C=O) groups excluding carboxylic acids is 2. The van der Waals surface area contributed by atoms with Crippen molar-refractivity contribution < 1.29 is 80.6 Å². The lowest BCUT2D eigenvalue weighted by atomic mass is 9.96. The fourth-order valence-corrected chi connectivity index (χ4v) is 13.9. The Balaban J connectivity index is 0.859.